The minimum Gasteiger partial charge on any atom is -0.379 e. The molecule has 0 spiro atoms. The highest BCUT2D eigenvalue weighted by Gasteiger charge is 2.31. The van der Waals surface area contributed by atoms with Crippen molar-refractivity contribution in [2.45, 2.75) is 50.9 Å². The summed E-state index contributed by atoms with van der Waals surface area (Å²) in [6.45, 7) is 8.10. The van der Waals surface area contributed by atoms with Crippen LogP contribution < -0.4 is 5.32 Å². The summed E-state index contributed by atoms with van der Waals surface area (Å²) in [5, 5.41) is 3.52. The quantitative estimate of drug-likeness (QED) is 0.793. The van der Waals surface area contributed by atoms with E-state index in [-0.39, 0.29) is 0 Å². The monoisotopic (exact) mass is 242 g/mol. The maximum Gasteiger partial charge on any atom is 0.0703 e. The van der Waals surface area contributed by atoms with Crippen LogP contribution in [0.2, 0.25) is 0 Å². The van der Waals surface area contributed by atoms with Crippen LogP contribution in [-0.4, -0.2) is 62.5 Å². The molecule has 2 rings (SSSR count). The lowest BCUT2D eigenvalue weighted by Crippen LogP contribution is -2.48. The first kappa shape index (κ1) is 13.3. The van der Waals surface area contributed by atoms with Crippen molar-refractivity contribution in [1.29, 1.82) is 0 Å². The van der Waals surface area contributed by atoms with E-state index in [9.17, 15) is 0 Å². The smallest absolute Gasteiger partial charge is 0.0703 e. The third-order valence-corrected chi connectivity index (χ3v) is 4.18. The summed E-state index contributed by atoms with van der Waals surface area (Å²) < 4.78 is 11.1. The van der Waals surface area contributed by atoms with Crippen molar-refractivity contribution in [2.75, 3.05) is 33.4 Å². The predicted molar refractivity (Wildman–Crippen MR) is 68.3 cm³/mol. The van der Waals surface area contributed by atoms with Gasteiger partial charge in [-0.15, -0.1) is 0 Å². The maximum absolute atomic E-state index is 5.64. The highest BCUT2D eigenvalue weighted by molar-refractivity contribution is 4.85. The van der Waals surface area contributed by atoms with E-state index in [1.165, 1.54) is 0 Å². The summed E-state index contributed by atoms with van der Waals surface area (Å²) in [6.07, 6.45) is 2.69. The summed E-state index contributed by atoms with van der Waals surface area (Å²) in [4.78, 5) is 2.48. The summed E-state index contributed by atoms with van der Waals surface area (Å²) in [5.41, 5.74) is 0. The van der Waals surface area contributed by atoms with E-state index in [0.717, 1.165) is 39.2 Å². The Morgan fingerprint density at radius 3 is 2.82 bits per heavy atom. The fourth-order valence-electron chi connectivity index (χ4n) is 2.93. The zero-order chi connectivity index (χ0) is 12.3. The Labute approximate surface area is 105 Å². The lowest BCUT2D eigenvalue weighted by atomic mass is 10.0. The molecule has 2 heterocycles. The third kappa shape index (κ3) is 3.41. The van der Waals surface area contributed by atoms with Gasteiger partial charge in [-0.05, 0) is 33.7 Å². The van der Waals surface area contributed by atoms with Crippen molar-refractivity contribution in [2.24, 2.45) is 0 Å². The SMILES string of the molecule is CC1OCCC1N(C)C(C)CC1COCCN1. The number of nitrogens with zero attached hydrogens (tertiary/aromatic N) is 1. The number of rotatable bonds is 4. The molecule has 0 bridgehead atoms. The largest absolute Gasteiger partial charge is 0.379 e. The van der Waals surface area contributed by atoms with Crippen LogP contribution in [0.4, 0.5) is 0 Å². The van der Waals surface area contributed by atoms with Gasteiger partial charge < -0.3 is 14.8 Å². The second-order valence-corrected chi connectivity index (χ2v) is 5.41. The van der Waals surface area contributed by atoms with E-state index >= 15 is 0 Å². The van der Waals surface area contributed by atoms with Crippen LogP contribution in [0.15, 0.2) is 0 Å². The molecule has 0 amide bonds. The maximum atomic E-state index is 5.64. The molecule has 100 valence electrons. The van der Waals surface area contributed by atoms with Crippen LogP contribution in [-0.2, 0) is 9.47 Å². The van der Waals surface area contributed by atoms with E-state index in [0.29, 0.717) is 24.2 Å². The molecular formula is C13H26N2O2. The number of ether oxygens (including phenoxy) is 2. The number of likely N-dealkylation sites (N-methyl/N-ethyl adjacent to an activating group) is 1. The van der Waals surface area contributed by atoms with Gasteiger partial charge in [-0.3, -0.25) is 4.90 Å². The highest BCUT2D eigenvalue weighted by Crippen LogP contribution is 2.21. The molecule has 0 saturated carbocycles. The zero-order valence-electron chi connectivity index (χ0n) is 11.3. The average molecular weight is 242 g/mol. The lowest BCUT2D eigenvalue weighted by Gasteiger charge is -2.35. The Bertz CT molecular complexity index is 231. The van der Waals surface area contributed by atoms with Gasteiger partial charge in [0.1, 0.15) is 0 Å². The molecule has 0 aromatic carbocycles. The fraction of sp³-hybridized carbons (Fsp3) is 1.00. The summed E-state index contributed by atoms with van der Waals surface area (Å²) >= 11 is 0. The number of morpholine rings is 1. The molecule has 17 heavy (non-hydrogen) atoms. The minimum absolute atomic E-state index is 0.373. The van der Waals surface area contributed by atoms with Crippen molar-refractivity contribution < 1.29 is 9.47 Å². The van der Waals surface area contributed by atoms with Crippen LogP contribution in [0.1, 0.15) is 26.7 Å². The summed E-state index contributed by atoms with van der Waals surface area (Å²) in [6, 6.07) is 1.66. The van der Waals surface area contributed by atoms with Gasteiger partial charge in [0, 0.05) is 31.3 Å². The molecular weight excluding hydrogens is 216 g/mol. The van der Waals surface area contributed by atoms with Gasteiger partial charge in [0.25, 0.3) is 0 Å². The molecule has 4 heteroatoms. The van der Waals surface area contributed by atoms with Gasteiger partial charge in [0.15, 0.2) is 0 Å². The van der Waals surface area contributed by atoms with Gasteiger partial charge in [-0.25, -0.2) is 0 Å². The predicted octanol–water partition coefficient (Wildman–Crippen LogP) is 0.863. The topological polar surface area (TPSA) is 33.7 Å². The molecule has 2 saturated heterocycles. The van der Waals surface area contributed by atoms with E-state index < -0.39 is 0 Å². The Balaban J connectivity index is 1.79. The molecule has 1 N–H and O–H groups in total. The molecule has 0 aromatic heterocycles. The lowest BCUT2D eigenvalue weighted by molar-refractivity contribution is 0.0455. The zero-order valence-corrected chi connectivity index (χ0v) is 11.3. The second-order valence-electron chi connectivity index (χ2n) is 5.41. The molecule has 0 radical (unpaired) electrons. The molecule has 4 nitrogen and oxygen atoms in total. The van der Waals surface area contributed by atoms with Crippen LogP contribution in [0.5, 0.6) is 0 Å². The standard InChI is InChI=1S/C13H26N2O2/c1-10(8-12-9-16-7-5-14-12)15(3)13-4-6-17-11(13)2/h10-14H,4-9H2,1-3H3. The molecule has 2 fully saturated rings. The van der Waals surface area contributed by atoms with E-state index in [1.54, 1.807) is 0 Å². The Kier molecular flexibility index (Phi) is 4.79. The van der Waals surface area contributed by atoms with Gasteiger partial charge in [0.2, 0.25) is 0 Å². The Morgan fingerprint density at radius 1 is 1.41 bits per heavy atom. The highest BCUT2D eigenvalue weighted by atomic mass is 16.5. The van der Waals surface area contributed by atoms with Crippen molar-refractivity contribution in [3.8, 4) is 0 Å². The summed E-state index contributed by atoms with van der Waals surface area (Å²) in [5.74, 6) is 0. The van der Waals surface area contributed by atoms with Crippen molar-refractivity contribution in [3.63, 3.8) is 0 Å². The van der Waals surface area contributed by atoms with Crippen molar-refractivity contribution in [3.05, 3.63) is 0 Å². The van der Waals surface area contributed by atoms with Gasteiger partial charge >= 0.3 is 0 Å². The van der Waals surface area contributed by atoms with Crippen LogP contribution >= 0.6 is 0 Å². The number of nitrogens with one attached hydrogen (secondary N) is 1. The first-order chi connectivity index (χ1) is 8.18. The third-order valence-electron chi connectivity index (χ3n) is 4.18. The second kappa shape index (κ2) is 6.14. The number of hydrogen-bond donors (Lipinski definition) is 1. The first-order valence-electron chi connectivity index (χ1n) is 6.83. The van der Waals surface area contributed by atoms with Crippen LogP contribution in [0, 0.1) is 0 Å². The van der Waals surface area contributed by atoms with E-state index in [1.807, 2.05) is 0 Å². The summed E-state index contributed by atoms with van der Waals surface area (Å²) in [7, 11) is 2.23. The van der Waals surface area contributed by atoms with Crippen molar-refractivity contribution >= 4 is 0 Å². The first-order valence-corrected chi connectivity index (χ1v) is 6.83. The average Bonchev–Trinajstić information content (AvgIpc) is 2.76. The number of hydrogen-bond acceptors (Lipinski definition) is 4. The normalized spacial score (nSPS) is 36.4. The fourth-order valence-corrected chi connectivity index (χ4v) is 2.93. The molecule has 4 unspecified atom stereocenters. The van der Waals surface area contributed by atoms with Gasteiger partial charge in [-0.2, -0.15) is 0 Å². The van der Waals surface area contributed by atoms with Gasteiger partial charge in [-0.1, -0.05) is 0 Å². The van der Waals surface area contributed by atoms with Crippen LogP contribution in [0.3, 0.4) is 0 Å². The molecule has 2 aliphatic rings. The molecule has 0 aromatic rings. The molecule has 0 aliphatic carbocycles. The van der Waals surface area contributed by atoms with E-state index in [2.05, 4.69) is 31.1 Å². The minimum atomic E-state index is 0.373. The van der Waals surface area contributed by atoms with Gasteiger partial charge in [0.05, 0.1) is 19.3 Å². The van der Waals surface area contributed by atoms with Crippen LogP contribution in [0.25, 0.3) is 0 Å². The Morgan fingerprint density at radius 2 is 2.24 bits per heavy atom. The molecule has 2 aliphatic heterocycles. The van der Waals surface area contributed by atoms with Crippen molar-refractivity contribution in [1.82, 2.24) is 10.2 Å². The van der Waals surface area contributed by atoms with E-state index in [4.69, 9.17) is 9.47 Å². The Hall–Kier alpha value is -0.160. The molecule has 4 atom stereocenters.